The van der Waals surface area contributed by atoms with Crippen molar-refractivity contribution in [3.8, 4) is 11.5 Å². The van der Waals surface area contributed by atoms with E-state index >= 15 is 0 Å². The summed E-state index contributed by atoms with van der Waals surface area (Å²) in [5.41, 5.74) is 2.07. The summed E-state index contributed by atoms with van der Waals surface area (Å²) in [6.07, 6.45) is -0.891. The molecule has 0 radical (unpaired) electrons. The summed E-state index contributed by atoms with van der Waals surface area (Å²) >= 11 is 0. The average molecular weight is 538 g/mol. The largest absolute Gasteiger partial charge is 0.483 e. The molecule has 0 unspecified atom stereocenters. The van der Waals surface area contributed by atoms with Gasteiger partial charge in [0.25, 0.3) is 11.8 Å². The lowest BCUT2D eigenvalue weighted by atomic mass is 10.1. The molecule has 38 heavy (non-hydrogen) atoms. The second-order valence-corrected chi connectivity index (χ2v) is 11.0. The van der Waals surface area contributed by atoms with Crippen molar-refractivity contribution in [1.82, 2.24) is 10.0 Å². The van der Waals surface area contributed by atoms with Crippen LogP contribution in [0.3, 0.4) is 0 Å². The number of ether oxygens (including phenoxy) is 2. The highest BCUT2D eigenvalue weighted by atomic mass is 32.2. The minimum Gasteiger partial charge on any atom is -0.483 e. The number of aryl methyl sites for hydroxylation is 1. The highest BCUT2D eigenvalue weighted by molar-refractivity contribution is 7.89. The van der Waals surface area contributed by atoms with Gasteiger partial charge >= 0.3 is 0 Å². The maximum absolute atomic E-state index is 13.2. The van der Waals surface area contributed by atoms with Gasteiger partial charge in [0.2, 0.25) is 10.0 Å². The van der Waals surface area contributed by atoms with Gasteiger partial charge < -0.3 is 19.7 Å². The SMILES string of the molecule is Cc1cc(S(=O)(=O)NC(C)C)ccc1OCC(=O)N1C[C@H](C(=O)NCc2ccccc2)Oc2ccccc21. The van der Waals surface area contributed by atoms with Gasteiger partial charge in [0.1, 0.15) is 11.5 Å². The van der Waals surface area contributed by atoms with Crippen LogP contribution in [0.15, 0.2) is 77.7 Å². The van der Waals surface area contributed by atoms with E-state index < -0.39 is 16.1 Å². The summed E-state index contributed by atoms with van der Waals surface area (Å²) in [4.78, 5) is 27.7. The first kappa shape index (κ1) is 27.2. The van der Waals surface area contributed by atoms with E-state index in [4.69, 9.17) is 9.47 Å². The lowest BCUT2D eigenvalue weighted by molar-refractivity contribution is -0.128. The number of nitrogens with zero attached hydrogens (tertiary/aromatic N) is 1. The highest BCUT2D eigenvalue weighted by Gasteiger charge is 2.34. The Morgan fingerprint density at radius 2 is 1.76 bits per heavy atom. The first-order chi connectivity index (χ1) is 18.1. The van der Waals surface area contributed by atoms with E-state index in [2.05, 4.69) is 10.0 Å². The highest BCUT2D eigenvalue weighted by Crippen LogP contribution is 2.33. The molecule has 0 aromatic heterocycles. The van der Waals surface area contributed by atoms with Gasteiger partial charge in [-0.05, 0) is 62.2 Å². The number of nitrogens with one attached hydrogen (secondary N) is 2. The Morgan fingerprint density at radius 1 is 1.05 bits per heavy atom. The molecular weight excluding hydrogens is 506 g/mol. The van der Waals surface area contributed by atoms with Crippen LogP contribution in [-0.2, 0) is 26.2 Å². The Labute approximate surface area is 222 Å². The molecule has 2 N–H and O–H groups in total. The molecule has 0 saturated heterocycles. The standard InChI is InChI=1S/C28H31N3O6S/c1-19(2)30-38(34,35)22-13-14-24(20(3)15-22)36-18-27(32)31-17-26(37-25-12-8-7-11-23(25)31)28(33)29-16-21-9-5-4-6-10-21/h4-15,19,26,30H,16-18H2,1-3H3,(H,29,33)/t26-/m1/s1. The third-order valence-corrected chi connectivity index (χ3v) is 7.53. The van der Waals surface area contributed by atoms with Crippen molar-refractivity contribution < 1.29 is 27.5 Å². The Balaban J connectivity index is 1.44. The van der Waals surface area contributed by atoms with Gasteiger partial charge in [0, 0.05) is 12.6 Å². The number of hydrogen-bond acceptors (Lipinski definition) is 6. The van der Waals surface area contributed by atoms with Crippen LogP contribution in [0.1, 0.15) is 25.0 Å². The van der Waals surface area contributed by atoms with Gasteiger partial charge in [0.15, 0.2) is 12.7 Å². The van der Waals surface area contributed by atoms with E-state index in [-0.39, 0.29) is 35.9 Å². The summed E-state index contributed by atoms with van der Waals surface area (Å²) in [7, 11) is -3.65. The predicted octanol–water partition coefficient (Wildman–Crippen LogP) is 3.17. The molecule has 1 aliphatic rings. The summed E-state index contributed by atoms with van der Waals surface area (Å²) in [6.45, 7) is 5.27. The molecule has 3 aromatic carbocycles. The molecule has 2 amide bonds. The Morgan fingerprint density at radius 3 is 2.47 bits per heavy atom. The van der Waals surface area contributed by atoms with Gasteiger partial charge in [-0.25, -0.2) is 13.1 Å². The van der Waals surface area contributed by atoms with Crippen LogP contribution in [0.4, 0.5) is 5.69 Å². The molecule has 3 aromatic rings. The monoisotopic (exact) mass is 537 g/mol. The topological polar surface area (TPSA) is 114 Å². The number of hydrogen-bond donors (Lipinski definition) is 2. The molecule has 0 fully saturated rings. The number of para-hydroxylation sites is 2. The number of fused-ring (bicyclic) bond motifs is 1. The maximum atomic E-state index is 13.2. The van der Waals surface area contributed by atoms with Gasteiger partial charge in [-0.3, -0.25) is 9.59 Å². The number of anilines is 1. The average Bonchev–Trinajstić information content (AvgIpc) is 2.90. The van der Waals surface area contributed by atoms with Crippen molar-refractivity contribution in [3.05, 3.63) is 83.9 Å². The minimum atomic E-state index is -3.65. The number of carbonyl (C=O) groups is 2. The van der Waals surface area contributed by atoms with Crippen molar-refractivity contribution >= 4 is 27.5 Å². The zero-order valence-corrected chi connectivity index (χ0v) is 22.3. The summed E-state index contributed by atoms with van der Waals surface area (Å²) < 4.78 is 39.1. The number of amides is 2. The first-order valence-electron chi connectivity index (χ1n) is 12.3. The van der Waals surface area contributed by atoms with Gasteiger partial charge in [0.05, 0.1) is 17.1 Å². The molecule has 200 valence electrons. The van der Waals surface area contributed by atoms with Gasteiger partial charge in [-0.1, -0.05) is 42.5 Å². The smallest absolute Gasteiger partial charge is 0.265 e. The summed E-state index contributed by atoms with van der Waals surface area (Å²) in [6, 6.07) is 20.8. The third kappa shape index (κ3) is 6.51. The number of rotatable bonds is 9. The van der Waals surface area contributed by atoms with Crippen molar-refractivity contribution in [2.45, 2.75) is 44.4 Å². The molecule has 0 aliphatic carbocycles. The second-order valence-electron chi connectivity index (χ2n) is 9.27. The van der Waals surface area contributed by atoms with Gasteiger partial charge in [-0.2, -0.15) is 0 Å². The normalized spacial score (nSPS) is 14.9. The molecule has 4 rings (SSSR count). The molecule has 0 bridgehead atoms. The van der Waals surface area contributed by atoms with Crippen molar-refractivity contribution in [1.29, 1.82) is 0 Å². The summed E-state index contributed by atoms with van der Waals surface area (Å²) in [5, 5.41) is 2.87. The number of carbonyl (C=O) groups excluding carboxylic acids is 2. The van der Waals surface area contributed by atoms with E-state index in [1.54, 1.807) is 45.0 Å². The number of sulfonamides is 1. The van der Waals surface area contributed by atoms with Crippen LogP contribution in [-0.4, -0.2) is 45.5 Å². The van der Waals surface area contributed by atoms with Crippen LogP contribution in [0.2, 0.25) is 0 Å². The van der Waals surface area contributed by atoms with E-state index in [1.807, 2.05) is 30.3 Å². The third-order valence-electron chi connectivity index (χ3n) is 5.88. The Bertz CT molecular complexity index is 1410. The van der Waals surface area contributed by atoms with Crippen LogP contribution >= 0.6 is 0 Å². The molecular formula is C28H31N3O6S. The molecule has 1 heterocycles. The maximum Gasteiger partial charge on any atom is 0.265 e. The van der Waals surface area contributed by atoms with Crippen LogP contribution in [0.5, 0.6) is 11.5 Å². The molecule has 10 heteroatoms. The first-order valence-corrected chi connectivity index (χ1v) is 13.8. The predicted molar refractivity (Wildman–Crippen MR) is 144 cm³/mol. The fourth-order valence-electron chi connectivity index (χ4n) is 4.05. The van der Waals surface area contributed by atoms with E-state index in [0.29, 0.717) is 29.3 Å². The van der Waals surface area contributed by atoms with Gasteiger partial charge in [-0.15, -0.1) is 0 Å². The van der Waals surface area contributed by atoms with E-state index in [0.717, 1.165) is 5.56 Å². The van der Waals surface area contributed by atoms with E-state index in [9.17, 15) is 18.0 Å². The Hall–Kier alpha value is -3.89. The minimum absolute atomic E-state index is 0.0247. The quantitative estimate of drug-likeness (QED) is 0.434. The van der Waals surface area contributed by atoms with Crippen LogP contribution < -0.4 is 24.4 Å². The Kier molecular flexibility index (Phi) is 8.33. The van der Waals surface area contributed by atoms with Crippen LogP contribution in [0.25, 0.3) is 0 Å². The molecule has 1 atom stereocenters. The summed E-state index contributed by atoms with van der Waals surface area (Å²) in [5.74, 6) is 0.125. The molecule has 9 nitrogen and oxygen atoms in total. The van der Waals surface area contributed by atoms with Crippen LogP contribution in [0, 0.1) is 6.92 Å². The molecule has 0 spiro atoms. The lowest BCUT2D eigenvalue weighted by Crippen LogP contribution is -2.51. The zero-order valence-electron chi connectivity index (χ0n) is 21.5. The van der Waals surface area contributed by atoms with Crippen molar-refractivity contribution in [3.63, 3.8) is 0 Å². The fourth-order valence-corrected chi connectivity index (χ4v) is 5.39. The van der Waals surface area contributed by atoms with E-state index in [1.165, 1.54) is 23.1 Å². The molecule has 0 saturated carbocycles. The number of benzene rings is 3. The molecule has 1 aliphatic heterocycles. The van der Waals surface area contributed by atoms with Crippen molar-refractivity contribution in [2.75, 3.05) is 18.1 Å². The van der Waals surface area contributed by atoms with Crippen molar-refractivity contribution in [2.24, 2.45) is 0 Å². The zero-order chi connectivity index (χ0) is 27.3. The second kappa shape index (κ2) is 11.7. The lowest BCUT2D eigenvalue weighted by Gasteiger charge is -2.34. The fraction of sp³-hybridized carbons (Fsp3) is 0.286.